The van der Waals surface area contributed by atoms with E-state index >= 15 is 0 Å². The molecule has 1 N–H and O–H groups in total. The molecule has 1 aromatic carbocycles. The van der Waals surface area contributed by atoms with Gasteiger partial charge in [-0.25, -0.2) is 17.5 Å². The number of hydrogen-bond donors (Lipinski definition) is 1. The molecule has 24 heavy (non-hydrogen) atoms. The van der Waals surface area contributed by atoms with Gasteiger partial charge in [-0.1, -0.05) is 18.2 Å². The maximum atomic E-state index is 13.6. The van der Waals surface area contributed by atoms with Gasteiger partial charge in [-0.05, 0) is 29.1 Å². The van der Waals surface area contributed by atoms with Gasteiger partial charge in [0.2, 0.25) is 10.0 Å². The zero-order valence-corrected chi connectivity index (χ0v) is 14.7. The molecule has 2 aromatic rings. The lowest BCUT2D eigenvalue weighted by atomic mass is 10.0. The molecule has 0 aliphatic carbocycles. The molecule has 0 unspecified atom stereocenters. The molecule has 1 aromatic heterocycles. The maximum Gasteiger partial charge on any atom is 0.250 e. The highest BCUT2D eigenvalue weighted by Gasteiger charge is 2.25. The maximum absolute atomic E-state index is 13.6. The molecule has 8 heteroatoms. The SMILES string of the molecule is O=S(=O)(NC[C@H](c1cccc(F)c1)N1CCOCC1)c1cccs1. The minimum absolute atomic E-state index is 0.184. The normalized spacial score (nSPS) is 17.7. The van der Waals surface area contributed by atoms with E-state index in [1.165, 1.54) is 23.5 Å². The third-order valence-corrected chi connectivity index (χ3v) is 6.77. The van der Waals surface area contributed by atoms with E-state index in [1.807, 2.05) is 6.07 Å². The zero-order chi connectivity index (χ0) is 17.0. The summed E-state index contributed by atoms with van der Waals surface area (Å²) in [5, 5.41) is 1.72. The minimum atomic E-state index is -3.55. The Balaban J connectivity index is 1.79. The van der Waals surface area contributed by atoms with Crippen LogP contribution in [0.5, 0.6) is 0 Å². The molecule has 0 saturated carbocycles. The van der Waals surface area contributed by atoms with Gasteiger partial charge in [-0.15, -0.1) is 11.3 Å². The van der Waals surface area contributed by atoms with Crippen LogP contribution in [0.4, 0.5) is 4.39 Å². The van der Waals surface area contributed by atoms with Gasteiger partial charge >= 0.3 is 0 Å². The number of thiophene rings is 1. The Hall–Kier alpha value is -1.32. The number of ether oxygens (including phenoxy) is 1. The standard InChI is InChI=1S/C16H19FN2O3S2/c17-14-4-1-3-13(11-14)15(19-6-8-22-9-7-19)12-18-24(20,21)16-5-2-10-23-16/h1-5,10-11,15,18H,6-9,12H2/t15-/m1/s1. The van der Waals surface area contributed by atoms with Crippen LogP contribution in [-0.2, 0) is 14.8 Å². The number of hydrogen-bond acceptors (Lipinski definition) is 5. The lowest BCUT2D eigenvalue weighted by Gasteiger charge is -2.34. The van der Waals surface area contributed by atoms with Crippen LogP contribution in [0.1, 0.15) is 11.6 Å². The van der Waals surface area contributed by atoms with Gasteiger partial charge in [-0.2, -0.15) is 0 Å². The Morgan fingerprint density at radius 1 is 1.25 bits per heavy atom. The molecule has 1 atom stereocenters. The Kier molecular flexibility index (Phi) is 5.62. The molecule has 1 fully saturated rings. The quantitative estimate of drug-likeness (QED) is 0.847. The van der Waals surface area contributed by atoms with E-state index in [-0.39, 0.29) is 22.6 Å². The fourth-order valence-electron chi connectivity index (χ4n) is 2.74. The van der Waals surface area contributed by atoms with Crippen molar-refractivity contribution in [3.8, 4) is 0 Å². The lowest BCUT2D eigenvalue weighted by Crippen LogP contribution is -2.43. The average molecular weight is 370 g/mol. The van der Waals surface area contributed by atoms with Crippen molar-refractivity contribution in [2.75, 3.05) is 32.8 Å². The topological polar surface area (TPSA) is 58.6 Å². The van der Waals surface area contributed by atoms with E-state index in [0.717, 1.165) is 5.56 Å². The molecule has 5 nitrogen and oxygen atoms in total. The molecule has 0 amide bonds. The summed E-state index contributed by atoms with van der Waals surface area (Å²) in [6.45, 7) is 2.72. The number of benzene rings is 1. The number of rotatable bonds is 6. The summed E-state index contributed by atoms with van der Waals surface area (Å²) in [5.41, 5.74) is 0.755. The van der Waals surface area contributed by atoms with Crippen molar-refractivity contribution in [2.24, 2.45) is 0 Å². The van der Waals surface area contributed by atoms with Gasteiger partial charge in [0.15, 0.2) is 0 Å². The predicted octanol–water partition coefficient (Wildman–Crippen LogP) is 2.24. The predicted molar refractivity (Wildman–Crippen MR) is 91.0 cm³/mol. The van der Waals surface area contributed by atoms with Crippen LogP contribution in [0.15, 0.2) is 46.0 Å². The third kappa shape index (κ3) is 4.20. The largest absolute Gasteiger partial charge is 0.379 e. The van der Waals surface area contributed by atoms with Gasteiger partial charge in [0.25, 0.3) is 0 Å². The molecule has 0 radical (unpaired) electrons. The fourth-order valence-corrected chi connectivity index (χ4v) is 4.81. The molecular formula is C16H19FN2O3S2. The van der Waals surface area contributed by atoms with Crippen LogP contribution in [0.25, 0.3) is 0 Å². The fraction of sp³-hybridized carbons (Fsp3) is 0.375. The van der Waals surface area contributed by atoms with Crippen molar-refractivity contribution in [3.63, 3.8) is 0 Å². The number of halogens is 1. The Bertz CT molecular complexity index is 759. The molecule has 1 saturated heterocycles. The highest BCUT2D eigenvalue weighted by atomic mass is 32.2. The smallest absolute Gasteiger partial charge is 0.250 e. The third-order valence-electron chi connectivity index (χ3n) is 3.95. The Labute approximate surface area is 145 Å². The van der Waals surface area contributed by atoms with Gasteiger partial charge in [0.05, 0.1) is 13.2 Å². The summed E-state index contributed by atoms with van der Waals surface area (Å²) in [6, 6.07) is 9.34. The van der Waals surface area contributed by atoms with Crippen molar-refractivity contribution < 1.29 is 17.5 Å². The Morgan fingerprint density at radius 2 is 2.04 bits per heavy atom. The highest BCUT2D eigenvalue weighted by molar-refractivity contribution is 7.91. The van der Waals surface area contributed by atoms with Crippen molar-refractivity contribution in [1.82, 2.24) is 9.62 Å². The van der Waals surface area contributed by atoms with Gasteiger partial charge in [-0.3, -0.25) is 4.90 Å². The summed E-state index contributed by atoms with van der Waals surface area (Å²) in [4.78, 5) is 2.12. The van der Waals surface area contributed by atoms with E-state index in [9.17, 15) is 12.8 Å². The summed E-state index contributed by atoms with van der Waals surface area (Å²) in [5.74, 6) is -0.327. The monoisotopic (exact) mass is 370 g/mol. The number of sulfonamides is 1. The molecule has 1 aliphatic rings. The molecule has 130 valence electrons. The second-order valence-electron chi connectivity index (χ2n) is 5.50. The van der Waals surface area contributed by atoms with Crippen LogP contribution in [0.3, 0.4) is 0 Å². The molecule has 3 rings (SSSR count). The first-order chi connectivity index (χ1) is 11.6. The molecule has 2 heterocycles. The highest BCUT2D eigenvalue weighted by Crippen LogP contribution is 2.23. The van der Waals surface area contributed by atoms with E-state index in [1.54, 1.807) is 23.6 Å². The second-order valence-corrected chi connectivity index (χ2v) is 8.44. The van der Waals surface area contributed by atoms with E-state index in [4.69, 9.17) is 4.74 Å². The van der Waals surface area contributed by atoms with Crippen LogP contribution in [0.2, 0.25) is 0 Å². The van der Waals surface area contributed by atoms with E-state index in [0.29, 0.717) is 26.3 Å². The van der Waals surface area contributed by atoms with Crippen LogP contribution in [-0.4, -0.2) is 46.2 Å². The van der Waals surface area contributed by atoms with Crippen molar-refractivity contribution >= 4 is 21.4 Å². The average Bonchev–Trinajstić information content (AvgIpc) is 3.11. The molecule has 0 bridgehead atoms. The molecular weight excluding hydrogens is 351 g/mol. The van der Waals surface area contributed by atoms with Gasteiger partial charge in [0.1, 0.15) is 10.0 Å². The lowest BCUT2D eigenvalue weighted by molar-refractivity contribution is 0.0171. The van der Waals surface area contributed by atoms with Crippen molar-refractivity contribution in [1.29, 1.82) is 0 Å². The molecule has 0 spiro atoms. The van der Waals surface area contributed by atoms with Crippen LogP contribution in [0, 0.1) is 5.82 Å². The summed E-state index contributed by atoms with van der Waals surface area (Å²) in [6.07, 6.45) is 0. The van der Waals surface area contributed by atoms with Gasteiger partial charge < -0.3 is 4.74 Å². The summed E-state index contributed by atoms with van der Waals surface area (Å²) in [7, 11) is -3.55. The van der Waals surface area contributed by atoms with Gasteiger partial charge in [0, 0.05) is 25.7 Å². The van der Waals surface area contributed by atoms with Crippen molar-refractivity contribution in [3.05, 3.63) is 53.2 Å². The number of nitrogens with zero attached hydrogens (tertiary/aromatic N) is 1. The Morgan fingerprint density at radius 3 is 2.71 bits per heavy atom. The van der Waals surface area contributed by atoms with Crippen LogP contribution < -0.4 is 4.72 Å². The van der Waals surface area contributed by atoms with E-state index < -0.39 is 10.0 Å². The first-order valence-corrected chi connectivity index (χ1v) is 10.0. The van der Waals surface area contributed by atoms with Crippen LogP contribution >= 0.6 is 11.3 Å². The molecule has 1 aliphatic heterocycles. The zero-order valence-electron chi connectivity index (χ0n) is 13.0. The number of nitrogens with one attached hydrogen (secondary N) is 1. The minimum Gasteiger partial charge on any atom is -0.379 e. The van der Waals surface area contributed by atoms with Crippen molar-refractivity contribution in [2.45, 2.75) is 10.3 Å². The van der Waals surface area contributed by atoms with E-state index in [2.05, 4.69) is 9.62 Å². The first-order valence-electron chi connectivity index (χ1n) is 7.67. The first kappa shape index (κ1) is 17.5. The summed E-state index contributed by atoms with van der Waals surface area (Å²) < 4.78 is 46.6. The second kappa shape index (κ2) is 7.71. The summed E-state index contributed by atoms with van der Waals surface area (Å²) >= 11 is 1.17. The number of morpholine rings is 1.